The van der Waals surface area contributed by atoms with Gasteiger partial charge < -0.3 is 19.9 Å². The number of nitrogens with zero attached hydrogens (tertiary/aromatic N) is 2. The Labute approximate surface area is 198 Å². The minimum Gasteiger partial charge on any atom is -0.497 e. The Kier molecular flexibility index (Phi) is 7.65. The van der Waals surface area contributed by atoms with E-state index in [1.807, 2.05) is 27.3 Å². The fraction of sp³-hybridized carbons (Fsp3) is 0.480. The number of hydrogen-bond acceptors (Lipinski definition) is 5. The van der Waals surface area contributed by atoms with Crippen molar-refractivity contribution in [2.45, 2.75) is 38.1 Å². The standard InChI is InChI=1S/C25H31N3O4S/c1-32-20-8-5-7-19(17-20)23(29)26-22(25(31)27-12-3-2-4-13-27)18-10-14-28(15-11-18)24(30)21-9-6-16-33-21/h5-9,16-18,22H,2-4,10-15H2,1H3,(H,26,29). The van der Waals surface area contributed by atoms with Gasteiger partial charge in [0.05, 0.1) is 12.0 Å². The van der Waals surface area contributed by atoms with Gasteiger partial charge in [-0.3, -0.25) is 14.4 Å². The maximum atomic E-state index is 13.5. The van der Waals surface area contributed by atoms with Gasteiger partial charge in [0.15, 0.2) is 0 Å². The lowest BCUT2D eigenvalue weighted by molar-refractivity contribution is -0.136. The molecule has 33 heavy (non-hydrogen) atoms. The van der Waals surface area contributed by atoms with Crippen LogP contribution in [-0.4, -0.2) is 66.9 Å². The van der Waals surface area contributed by atoms with Crippen LogP contribution in [0.3, 0.4) is 0 Å². The Balaban J connectivity index is 1.47. The van der Waals surface area contributed by atoms with Gasteiger partial charge >= 0.3 is 0 Å². The molecule has 0 radical (unpaired) electrons. The monoisotopic (exact) mass is 469 g/mol. The van der Waals surface area contributed by atoms with Gasteiger partial charge in [0.2, 0.25) is 5.91 Å². The van der Waals surface area contributed by atoms with Gasteiger partial charge in [-0.2, -0.15) is 0 Å². The average molecular weight is 470 g/mol. The van der Waals surface area contributed by atoms with Crippen LogP contribution < -0.4 is 10.1 Å². The molecular weight excluding hydrogens is 438 g/mol. The van der Waals surface area contributed by atoms with Crippen molar-refractivity contribution < 1.29 is 19.1 Å². The molecule has 1 N–H and O–H groups in total. The molecule has 2 fully saturated rings. The number of amides is 3. The van der Waals surface area contributed by atoms with Crippen LogP contribution in [0.4, 0.5) is 0 Å². The molecule has 1 aromatic carbocycles. The van der Waals surface area contributed by atoms with Gasteiger partial charge in [-0.25, -0.2) is 0 Å². The Morgan fingerprint density at radius 2 is 1.76 bits per heavy atom. The minimum absolute atomic E-state index is 0.00557. The summed E-state index contributed by atoms with van der Waals surface area (Å²) < 4.78 is 5.24. The molecule has 7 nitrogen and oxygen atoms in total. The molecule has 2 aliphatic rings. The van der Waals surface area contributed by atoms with Crippen LogP contribution >= 0.6 is 11.3 Å². The number of rotatable bonds is 6. The molecule has 1 aromatic heterocycles. The lowest BCUT2D eigenvalue weighted by atomic mass is 9.87. The number of thiophene rings is 1. The van der Waals surface area contributed by atoms with Crippen LogP contribution in [-0.2, 0) is 4.79 Å². The molecule has 176 valence electrons. The summed E-state index contributed by atoms with van der Waals surface area (Å²) in [6.07, 6.45) is 4.49. The van der Waals surface area contributed by atoms with Crippen molar-refractivity contribution in [2.24, 2.45) is 5.92 Å². The molecule has 0 saturated carbocycles. The third-order valence-corrected chi connectivity index (χ3v) is 7.44. The average Bonchev–Trinajstić information content (AvgIpc) is 3.42. The molecular formula is C25H31N3O4S. The molecule has 8 heteroatoms. The molecule has 3 amide bonds. The maximum absolute atomic E-state index is 13.5. The fourth-order valence-corrected chi connectivity index (χ4v) is 5.36. The second-order valence-electron chi connectivity index (χ2n) is 8.68. The van der Waals surface area contributed by atoms with Crippen molar-refractivity contribution in [1.82, 2.24) is 15.1 Å². The van der Waals surface area contributed by atoms with E-state index >= 15 is 0 Å². The maximum Gasteiger partial charge on any atom is 0.263 e. The lowest BCUT2D eigenvalue weighted by Crippen LogP contribution is -2.55. The molecule has 2 aromatic rings. The van der Waals surface area contributed by atoms with Crippen molar-refractivity contribution in [3.63, 3.8) is 0 Å². The number of benzene rings is 1. The molecule has 1 atom stereocenters. The molecule has 4 rings (SSSR count). The summed E-state index contributed by atoms with van der Waals surface area (Å²) in [5.74, 6) is 0.349. The molecule has 2 saturated heterocycles. The van der Waals surface area contributed by atoms with E-state index in [4.69, 9.17) is 4.74 Å². The van der Waals surface area contributed by atoms with Crippen molar-refractivity contribution in [1.29, 1.82) is 0 Å². The van der Waals surface area contributed by atoms with Crippen LogP contribution in [0.5, 0.6) is 5.75 Å². The summed E-state index contributed by atoms with van der Waals surface area (Å²) in [6, 6.07) is 10.1. The first-order valence-corrected chi connectivity index (χ1v) is 12.5. The first kappa shape index (κ1) is 23.3. The first-order valence-electron chi connectivity index (χ1n) is 11.6. The molecule has 0 bridgehead atoms. The predicted octanol–water partition coefficient (Wildman–Crippen LogP) is 3.42. The smallest absolute Gasteiger partial charge is 0.263 e. The van der Waals surface area contributed by atoms with Gasteiger partial charge in [-0.15, -0.1) is 11.3 Å². The zero-order valence-electron chi connectivity index (χ0n) is 19.0. The number of nitrogens with one attached hydrogen (secondary N) is 1. The number of likely N-dealkylation sites (tertiary alicyclic amines) is 2. The highest BCUT2D eigenvalue weighted by atomic mass is 32.1. The van der Waals surface area contributed by atoms with E-state index < -0.39 is 6.04 Å². The van der Waals surface area contributed by atoms with Crippen LogP contribution in [0.15, 0.2) is 41.8 Å². The molecule has 2 aliphatic heterocycles. The van der Waals surface area contributed by atoms with Crippen LogP contribution in [0.2, 0.25) is 0 Å². The second kappa shape index (κ2) is 10.8. The van der Waals surface area contributed by atoms with Crippen molar-refractivity contribution in [3.05, 3.63) is 52.2 Å². The molecule has 0 aliphatic carbocycles. The third-order valence-electron chi connectivity index (χ3n) is 6.58. The zero-order chi connectivity index (χ0) is 23.2. The number of methoxy groups -OCH3 is 1. The largest absolute Gasteiger partial charge is 0.497 e. The number of hydrogen-bond donors (Lipinski definition) is 1. The fourth-order valence-electron chi connectivity index (χ4n) is 4.67. The SMILES string of the molecule is COc1cccc(C(=O)NC(C(=O)N2CCCCC2)C2CCN(C(=O)c3cccs3)CC2)c1. The van der Waals surface area contributed by atoms with E-state index in [0.29, 0.717) is 37.2 Å². The highest BCUT2D eigenvalue weighted by molar-refractivity contribution is 7.12. The van der Waals surface area contributed by atoms with E-state index in [2.05, 4.69) is 5.32 Å². The normalized spacial score (nSPS) is 18.0. The van der Waals surface area contributed by atoms with E-state index in [1.165, 1.54) is 11.3 Å². The Bertz CT molecular complexity index is 964. The first-order chi connectivity index (χ1) is 16.1. The summed E-state index contributed by atoms with van der Waals surface area (Å²) in [5, 5.41) is 4.94. The van der Waals surface area contributed by atoms with E-state index in [-0.39, 0.29) is 23.6 Å². The van der Waals surface area contributed by atoms with Gasteiger partial charge in [0, 0.05) is 31.7 Å². The highest BCUT2D eigenvalue weighted by Gasteiger charge is 2.36. The summed E-state index contributed by atoms with van der Waals surface area (Å²) >= 11 is 1.45. The topological polar surface area (TPSA) is 79.0 Å². The minimum atomic E-state index is -0.596. The molecule has 0 spiro atoms. The third kappa shape index (κ3) is 5.55. The number of carbonyl (C=O) groups excluding carboxylic acids is 3. The summed E-state index contributed by atoms with van der Waals surface area (Å²) in [6.45, 7) is 2.64. The predicted molar refractivity (Wildman–Crippen MR) is 128 cm³/mol. The van der Waals surface area contributed by atoms with E-state index in [9.17, 15) is 14.4 Å². The number of ether oxygens (including phenoxy) is 1. The van der Waals surface area contributed by atoms with E-state index in [0.717, 1.165) is 37.2 Å². The quantitative estimate of drug-likeness (QED) is 0.703. The van der Waals surface area contributed by atoms with E-state index in [1.54, 1.807) is 31.4 Å². The van der Waals surface area contributed by atoms with Crippen molar-refractivity contribution in [3.8, 4) is 5.75 Å². The summed E-state index contributed by atoms with van der Waals surface area (Å²) in [7, 11) is 1.56. The van der Waals surface area contributed by atoms with Gasteiger partial charge in [0.25, 0.3) is 11.8 Å². The number of carbonyl (C=O) groups is 3. The van der Waals surface area contributed by atoms with Gasteiger partial charge in [-0.1, -0.05) is 12.1 Å². The summed E-state index contributed by atoms with van der Waals surface area (Å²) in [4.78, 5) is 43.8. The second-order valence-corrected chi connectivity index (χ2v) is 9.62. The van der Waals surface area contributed by atoms with Gasteiger partial charge in [0.1, 0.15) is 11.8 Å². The Morgan fingerprint density at radius 1 is 1.00 bits per heavy atom. The van der Waals surface area contributed by atoms with Crippen LogP contribution in [0.1, 0.15) is 52.1 Å². The van der Waals surface area contributed by atoms with Crippen molar-refractivity contribution in [2.75, 3.05) is 33.3 Å². The summed E-state index contributed by atoms with van der Waals surface area (Å²) in [5.41, 5.74) is 0.469. The molecule has 3 heterocycles. The Morgan fingerprint density at radius 3 is 2.42 bits per heavy atom. The highest BCUT2D eigenvalue weighted by Crippen LogP contribution is 2.26. The molecule has 1 unspecified atom stereocenters. The Hall–Kier alpha value is -2.87. The van der Waals surface area contributed by atoms with Crippen molar-refractivity contribution >= 4 is 29.1 Å². The number of piperidine rings is 2. The zero-order valence-corrected chi connectivity index (χ0v) is 19.8. The lowest BCUT2D eigenvalue weighted by Gasteiger charge is -2.38. The van der Waals surface area contributed by atoms with Gasteiger partial charge in [-0.05, 0) is 67.7 Å². The van der Waals surface area contributed by atoms with Crippen LogP contribution in [0, 0.1) is 5.92 Å². The van der Waals surface area contributed by atoms with Crippen LogP contribution in [0.25, 0.3) is 0 Å².